The zero-order valence-electron chi connectivity index (χ0n) is 13.4. The lowest BCUT2D eigenvalue weighted by molar-refractivity contribution is -0.0290. The maximum absolute atomic E-state index is 9.31. The number of benzene rings is 2. The molecule has 5 heteroatoms. The molecular formula is C19H21BrN2O2. The Morgan fingerprint density at radius 3 is 2.62 bits per heavy atom. The molecule has 2 aromatic carbocycles. The van der Waals surface area contributed by atoms with Crippen LogP contribution < -0.4 is 0 Å². The standard InChI is InChI=1S/C19H21BrN2O2/c20-17-8-6-16(7-9-17)19-14-22(12-13-24-19)11-10-18(21-23)15-4-2-1-3-5-15/h1-9,19,23H,10-14H2/b21-18-. The molecule has 0 aliphatic carbocycles. The molecule has 1 atom stereocenters. The number of halogens is 1. The summed E-state index contributed by atoms with van der Waals surface area (Å²) in [6.07, 6.45) is 0.811. The molecule has 1 aliphatic rings. The van der Waals surface area contributed by atoms with Gasteiger partial charge < -0.3 is 9.94 Å². The average Bonchev–Trinajstić information content (AvgIpc) is 2.64. The fourth-order valence-electron chi connectivity index (χ4n) is 2.93. The van der Waals surface area contributed by atoms with Gasteiger partial charge >= 0.3 is 0 Å². The minimum atomic E-state index is 0.0955. The normalized spacial score (nSPS) is 19.4. The van der Waals surface area contributed by atoms with Gasteiger partial charge in [-0.1, -0.05) is 63.6 Å². The van der Waals surface area contributed by atoms with E-state index in [1.807, 2.05) is 42.5 Å². The molecule has 1 N–H and O–H groups in total. The Labute approximate surface area is 150 Å². The van der Waals surface area contributed by atoms with Gasteiger partial charge in [-0.15, -0.1) is 0 Å². The fraction of sp³-hybridized carbons (Fsp3) is 0.316. The van der Waals surface area contributed by atoms with Crippen LogP contribution in [0.3, 0.4) is 0 Å². The molecule has 0 saturated carbocycles. The van der Waals surface area contributed by atoms with Crippen LogP contribution in [0.1, 0.15) is 23.7 Å². The number of oxime groups is 1. The summed E-state index contributed by atoms with van der Waals surface area (Å²) < 4.78 is 6.99. The highest BCUT2D eigenvalue weighted by atomic mass is 79.9. The van der Waals surface area contributed by atoms with E-state index in [9.17, 15) is 5.21 Å². The van der Waals surface area contributed by atoms with Crippen LogP contribution in [-0.2, 0) is 4.74 Å². The quantitative estimate of drug-likeness (QED) is 0.476. The van der Waals surface area contributed by atoms with Crippen LogP contribution in [0.2, 0.25) is 0 Å². The molecular weight excluding hydrogens is 368 g/mol. The third-order valence-electron chi connectivity index (χ3n) is 4.28. The third kappa shape index (κ3) is 4.44. The van der Waals surface area contributed by atoms with Gasteiger partial charge in [0, 0.05) is 30.5 Å². The van der Waals surface area contributed by atoms with Crippen molar-refractivity contribution in [1.82, 2.24) is 4.90 Å². The molecule has 0 amide bonds. The van der Waals surface area contributed by atoms with Gasteiger partial charge in [-0.25, -0.2) is 0 Å². The van der Waals surface area contributed by atoms with Crippen molar-refractivity contribution in [2.45, 2.75) is 12.5 Å². The van der Waals surface area contributed by atoms with E-state index in [0.717, 1.165) is 42.0 Å². The third-order valence-corrected chi connectivity index (χ3v) is 4.81. The van der Waals surface area contributed by atoms with Crippen molar-refractivity contribution in [1.29, 1.82) is 0 Å². The number of rotatable bonds is 5. The lowest BCUT2D eigenvalue weighted by Crippen LogP contribution is -2.39. The van der Waals surface area contributed by atoms with Gasteiger partial charge in [-0.3, -0.25) is 4.90 Å². The Morgan fingerprint density at radius 2 is 1.92 bits per heavy atom. The van der Waals surface area contributed by atoms with Gasteiger partial charge in [0.25, 0.3) is 0 Å². The van der Waals surface area contributed by atoms with E-state index in [2.05, 4.69) is 38.1 Å². The van der Waals surface area contributed by atoms with E-state index in [1.54, 1.807) is 0 Å². The number of morpholine rings is 1. The molecule has 0 aromatic heterocycles. The smallest absolute Gasteiger partial charge is 0.0952 e. The Bertz CT molecular complexity index is 674. The highest BCUT2D eigenvalue weighted by Gasteiger charge is 2.22. The average molecular weight is 389 g/mol. The van der Waals surface area contributed by atoms with Gasteiger partial charge in [-0.05, 0) is 23.3 Å². The first-order valence-electron chi connectivity index (χ1n) is 8.12. The Balaban J connectivity index is 1.58. The molecule has 1 saturated heterocycles. The van der Waals surface area contributed by atoms with Gasteiger partial charge in [0.05, 0.1) is 18.4 Å². The second-order valence-corrected chi connectivity index (χ2v) is 6.79. The summed E-state index contributed by atoms with van der Waals surface area (Å²) in [5, 5.41) is 12.8. The Kier molecular flexibility index (Phi) is 6.01. The molecule has 24 heavy (non-hydrogen) atoms. The monoisotopic (exact) mass is 388 g/mol. The second kappa shape index (κ2) is 8.42. The first kappa shape index (κ1) is 17.1. The summed E-state index contributed by atoms with van der Waals surface area (Å²) in [6, 6.07) is 18.1. The van der Waals surface area contributed by atoms with Gasteiger partial charge in [0.1, 0.15) is 0 Å². The zero-order valence-corrected chi connectivity index (χ0v) is 15.0. The van der Waals surface area contributed by atoms with E-state index in [1.165, 1.54) is 5.56 Å². The van der Waals surface area contributed by atoms with Crippen molar-refractivity contribution in [3.63, 3.8) is 0 Å². The van der Waals surface area contributed by atoms with Crippen LogP contribution in [0.15, 0.2) is 64.2 Å². The van der Waals surface area contributed by atoms with Gasteiger partial charge in [0.2, 0.25) is 0 Å². The van der Waals surface area contributed by atoms with Crippen LogP contribution in [-0.4, -0.2) is 42.1 Å². The SMILES string of the molecule is O/N=C(/CCN1CCOC(c2ccc(Br)cc2)C1)c1ccccc1. The molecule has 126 valence electrons. The van der Waals surface area contributed by atoms with E-state index in [0.29, 0.717) is 6.42 Å². The second-order valence-electron chi connectivity index (χ2n) is 5.87. The summed E-state index contributed by atoms with van der Waals surface area (Å²) in [5.41, 5.74) is 2.89. The maximum Gasteiger partial charge on any atom is 0.0952 e. The molecule has 2 aromatic rings. The fourth-order valence-corrected chi connectivity index (χ4v) is 3.20. The molecule has 0 radical (unpaired) electrons. The van der Waals surface area contributed by atoms with E-state index in [-0.39, 0.29) is 6.10 Å². The predicted molar refractivity (Wildman–Crippen MR) is 98.7 cm³/mol. The minimum Gasteiger partial charge on any atom is -0.411 e. The van der Waals surface area contributed by atoms with Crippen molar-refractivity contribution < 1.29 is 9.94 Å². The van der Waals surface area contributed by atoms with Crippen molar-refractivity contribution in [2.75, 3.05) is 26.2 Å². The highest BCUT2D eigenvalue weighted by molar-refractivity contribution is 9.10. The van der Waals surface area contributed by atoms with Crippen LogP contribution in [0.25, 0.3) is 0 Å². The lowest BCUT2D eigenvalue weighted by atomic mass is 10.1. The summed E-state index contributed by atoms with van der Waals surface area (Å²) in [5.74, 6) is 0. The van der Waals surface area contributed by atoms with E-state index in [4.69, 9.17) is 4.74 Å². The molecule has 0 spiro atoms. The number of hydrogen-bond donors (Lipinski definition) is 1. The lowest BCUT2D eigenvalue weighted by Gasteiger charge is -2.33. The predicted octanol–water partition coefficient (Wildman–Crippen LogP) is 4.09. The van der Waals surface area contributed by atoms with Crippen molar-refractivity contribution in [2.24, 2.45) is 5.16 Å². The molecule has 1 aliphatic heterocycles. The molecule has 1 fully saturated rings. The first-order valence-corrected chi connectivity index (χ1v) is 8.91. The Hall–Kier alpha value is -1.69. The molecule has 0 bridgehead atoms. The number of ether oxygens (including phenoxy) is 1. The van der Waals surface area contributed by atoms with Gasteiger partial charge in [0.15, 0.2) is 0 Å². The van der Waals surface area contributed by atoms with Crippen LogP contribution in [0, 0.1) is 0 Å². The Morgan fingerprint density at radius 1 is 1.17 bits per heavy atom. The number of hydrogen-bond acceptors (Lipinski definition) is 4. The van der Waals surface area contributed by atoms with E-state index < -0.39 is 0 Å². The van der Waals surface area contributed by atoms with Crippen molar-refractivity contribution >= 4 is 21.6 Å². The van der Waals surface area contributed by atoms with Crippen LogP contribution in [0.4, 0.5) is 0 Å². The van der Waals surface area contributed by atoms with E-state index >= 15 is 0 Å². The topological polar surface area (TPSA) is 45.1 Å². The largest absolute Gasteiger partial charge is 0.411 e. The summed E-state index contributed by atoms with van der Waals surface area (Å²) in [4.78, 5) is 2.37. The minimum absolute atomic E-state index is 0.0955. The summed E-state index contributed by atoms with van der Waals surface area (Å²) in [6.45, 7) is 3.33. The zero-order chi connectivity index (χ0) is 16.8. The molecule has 3 rings (SSSR count). The summed E-state index contributed by atoms with van der Waals surface area (Å²) >= 11 is 3.46. The van der Waals surface area contributed by atoms with Crippen LogP contribution in [0.5, 0.6) is 0 Å². The molecule has 1 heterocycles. The molecule has 4 nitrogen and oxygen atoms in total. The summed E-state index contributed by atoms with van der Waals surface area (Å²) in [7, 11) is 0. The number of nitrogens with zero attached hydrogens (tertiary/aromatic N) is 2. The van der Waals surface area contributed by atoms with Crippen molar-refractivity contribution in [3.8, 4) is 0 Å². The maximum atomic E-state index is 9.31. The molecule has 1 unspecified atom stereocenters. The van der Waals surface area contributed by atoms with Crippen LogP contribution >= 0.6 is 15.9 Å². The van der Waals surface area contributed by atoms with Crippen molar-refractivity contribution in [3.05, 3.63) is 70.2 Å². The first-order chi connectivity index (χ1) is 11.8. The highest BCUT2D eigenvalue weighted by Crippen LogP contribution is 2.24. The van der Waals surface area contributed by atoms with Gasteiger partial charge in [-0.2, -0.15) is 0 Å².